The zero-order valence-corrected chi connectivity index (χ0v) is 10.7. The Hall–Kier alpha value is -2.10. The van der Waals surface area contributed by atoms with Crippen molar-refractivity contribution < 1.29 is 4.79 Å². The second-order valence-corrected chi connectivity index (χ2v) is 4.40. The molecule has 0 fully saturated rings. The lowest BCUT2D eigenvalue weighted by Crippen LogP contribution is -2.25. The van der Waals surface area contributed by atoms with Crippen LogP contribution in [0.25, 0.3) is 0 Å². The molecule has 0 unspecified atom stereocenters. The largest absolute Gasteiger partial charge is 0.352 e. The molecular formula is C14H17N3O. The Labute approximate surface area is 106 Å². The molecule has 0 spiro atoms. The molecule has 0 aliphatic heterocycles. The van der Waals surface area contributed by atoms with E-state index in [1.807, 2.05) is 13.0 Å². The van der Waals surface area contributed by atoms with Crippen LogP contribution in [0.5, 0.6) is 0 Å². The summed E-state index contributed by atoms with van der Waals surface area (Å²) in [5, 5.41) is 9.48. The van der Waals surface area contributed by atoms with Crippen LogP contribution in [-0.4, -0.2) is 22.6 Å². The molecule has 0 saturated carbocycles. The van der Waals surface area contributed by atoms with Crippen LogP contribution in [0.4, 0.5) is 0 Å². The van der Waals surface area contributed by atoms with Crippen molar-refractivity contribution in [1.82, 2.24) is 15.5 Å². The van der Waals surface area contributed by atoms with E-state index in [9.17, 15) is 4.79 Å². The molecule has 2 aromatic rings. The van der Waals surface area contributed by atoms with Gasteiger partial charge in [0.15, 0.2) is 0 Å². The van der Waals surface area contributed by atoms with Gasteiger partial charge in [-0.05, 0) is 25.8 Å². The summed E-state index contributed by atoms with van der Waals surface area (Å²) in [6.45, 7) is 4.53. The summed E-state index contributed by atoms with van der Waals surface area (Å²) in [5.41, 5.74) is 3.88. The molecule has 0 aliphatic carbocycles. The molecule has 0 atom stereocenters. The van der Waals surface area contributed by atoms with E-state index in [1.54, 1.807) is 6.20 Å². The summed E-state index contributed by atoms with van der Waals surface area (Å²) in [7, 11) is 0. The molecule has 0 aliphatic rings. The average Bonchev–Trinajstić information content (AvgIpc) is 2.75. The average molecular weight is 243 g/mol. The van der Waals surface area contributed by atoms with E-state index in [4.69, 9.17) is 0 Å². The van der Waals surface area contributed by atoms with Crippen molar-refractivity contribution in [3.63, 3.8) is 0 Å². The Balaban J connectivity index is 1.86. The van der Waals surface area contributed by atoms with Gasteiger partial charge in [0.05, 0.1) is 11.8 Å². The maximum Gasteiger partial charge on any atom is 0.254 e. The molecule has 1 heterocycles. The minimum absolute atomic E-state index is 0.0751. The number of aromatic amines is 1. The second-order valence-electron chi connectivity index (χ2n) is 4.40. The lowest BCUT2D eigenvalue weighted by molar-refractivity contribution is 0.0953. The third-order valence-electron chi connectivity index (χ3n) is 2.86. The SMILES string of the molecule is Cc1cccc(CCNC(=O)c2cn[nH]c2C)c1. The molecule has 0 bridgehead atoms. The summed E-state index contributed by atoms with van der Waals surface area (Å²) in [4.78, 5) is 11.8. The highest BCUT2D eigenvalue weighted by atomic mass is 16.1. The van der Waals surface area contributed by atoms with Crippen molar-refractivity contribution in [3.05, 3.63) is 52.8 Å². The minimum atomic E-state index is -0.0751. The zero-order valence-electron chi connectivity index (χ0n) is 10.7. The molecule has 4 nitrogen and oxygen atoms in total. The molecule has 1 amide bonds. The van der Waals surface area contributed by atoms with Gasteiger partial charge >= 0.3 is 0 Å². The van der Waals surface area contributed by atoms with Crippen LogP contribution in [-0.2, 0) is 6.42 Å². The molecule has 0 saturated heterocycles. The smallest absolute Gasteiger partial charge is 0.254 e. The number of carbonyl (C=O) groups excluding carboxylic acids is 1. The maximum atomic E-state index is 11.8. The number of H-pyrrole nitrogens is 1. The van der Waals surface area contributed by atoms with Gasteiger partial charge in [-0.2, -0.15) is 5.10 Å². The van der Waals surface area contributed by atoms with Gasteiger partial charge in [-0.3, -0.25) is 9.89 Å². The third-order valence-corrected chi connectivity index (χ3v) is 2.86. The standard InChI is InChI=1S/C14H17N3O/c1-10-4-3-5-12(8-10)6-7-15-14(18)13-9-16-17-11(13)2/h3-5,8-9H,6-7H2,1-2H3,(H,15,18)(H,16,17). The summed E-state index contributed by atoms with van der Waals surface area (Å²) in [6.07, 6.45) is 2.39. The molecule has 2 N–H and O–H groups in total. The van der Waals surface area contributed by atoms with Crippen molar-refractivity contribution in [2.75, 3.05) is 6.54 Å². The van der Waals surface area contributed by atoms with Crippen molar-refractivity contribution in [2.45, 2.75) is 20.3 Å². The highest BCUT2D eigenvalue weighted by Gasteiger charge is 2.09. The van der Waals surface area contributed by atoms with E-state index in [2.05, 4.69) is 40.6 Å². The maximum absolute atomic E-state index is 11.8. The summed E-state index contributed by atoms with van der Waals surface area (Å²) >= 11 is 0. The number of rotatable bonds is 4. The number of amides is 1. The van der Waals surface area contributed by atoms with Gasteiger partial charge in [0.25, 0.3) is 5.91 Å². The molecule has 94 valence electrons. The van der Waals surface area contributed by atoms with Gasteiger partial charge in [-0.25, -0.2) is 0 Å². The van der Waals surface area contributed by atoms with Gasteiger partial charge in [0.2, 0.25) is 0 Å². The van der Waals surface area contributed by atoms with Crippen molar-refractivity contribution >= 4 is 5.91 Å². The fourth-order valence-corrected chi connectivity index (χ4v) is 1.86. The van der Waals surface area contributed by atoms with E-state index >= 15 is 0 Å². The van der Waals surface area contributed by atoms with Gasteiger partial charge in [0.1, 0.15) is 0 Å². The van der Waals surface area contributed by atoms with Crippen molar-refractivity contribution in [1.29, 1.82) is 0 Å². The first-order valence-electron chi connectivity index (χ1n) is 6.00. The molecule has 1 aromatic carbocycles. The van der Waals surface area contributed by atoms with E-state index in [-0.39, 0.29) is 5.91 Å². The lowest BCUT2D eigenvalue weighted by atomic mass is 10.1. The molecule has 18 heavy (non-hydrogen) atoms. The third kappa shape index (κ3) is 2.97. The predicted molar refractivity (Wildman–Crippen MR) is 70.5 cm³/mol. The van der Waals surface area contributed by atoms with E-state index < -0.39 is 0 Å². The van der Waals surface area contributed by atoms with Crippen molar-refractivity contribution in [2.24, 2.45) is 0 Å². The Morgan fingerprint density at radius 3 is 2.89 bits per heavy atom. The number of aromatic nitrogens is 2. The van der Waals surface area contributed by atoms with E-state index in [0.717, 1.165) is 12.1 Å². The van der Waals surface area contributed by atoms with Crippen LogP contribution in [0.2, 0.25) is 0 Å². The van der Waals surface area contributed by atoms with Gasteiger partial charge in [-0.15, -0.1) is 0 Å². The Morgan fingerprint density at radius 2 is 2.22 bits per heavy atom. The van der Waals surface area contributed by atoms with Gasteiger partial charge < -0.3 is 5.32 Å². The molecule has 4 heteroatoms. The normalized spacial score (nSPS) is 10.3. The van der Waals surface area contributed by atoms with E-state index in [0.29, 0.717) is 12.1 Å². The minimum Gasteiger partial charge on any atom is -0.352 e. The van der Waals surface area contributed by atoms with Gasteiger partial charge in [0, 0.05) is 12.2 Å². The molecule has 1 aromatic heterocycles. The van der Waals surface area contributed by atoms with Crippen LogP contribution in [0.1, 0.15) is 27.2 Å². The predicted octanol–water partition coefficient (Wildman–Crippen LogP) is 2.00. The van der Waals surface area contributed by atoms with Gasteiger partial charge in [-0.1, -0.05) is 29.8 Å². The first-order valence-corrected chi connectivity index (χ1v) is 6.00. The lowest BCUT2D eigenvalue weighted by Gasteiger charge is -2.05. The summed E-state index contributed by atoms with van der Waals surface area (Å²) < 4.78 is 0. The number of hydrogen-bond acceptors (Lipinski definition) is 2. The topological polar surface area (TPSA) is 57.8 Å². The number of aryl methyl sites for hydroxylation is 2. The summed E-state index contributed by atoms with van der Waals surface area (Å²) in [6, 6.07) is 8.31. The van der Waals surface area contributed by atoms with Crippen molar-refractivity contribution in [3.8, 4) is 0 Å². The number of nitrogens with one attached hydrogen (secondary N) is 2. The highest BCUT2D eigenvalue weighted by molar-refractivity contribution is 5.94. The molecule has 2 rings (SSSR count). The van der Waals surface area contributed by atoms with Crippen LogP contribution in [0.3, 0.4) is 0 Å². The Bertz CT molecular complexity index is 545. The van der Waals surface area contributed by atoms with Crippen LogP contribution in [0.15, 0.2) is 30.5 Å². The first kappa shape index (κ1) is 12.4. The number of carbonyl (C=O) groups is 1. The first-order chi connectivity index (χ1) is 8.66. The fourth-order valence-electron chi connectivity index (χ4n) is 1.86. The van der Waals surface area contributed by atoms with Crippen LogP contribution in [0, 0.1) is 13.8 Å². The van der Waals surface area contributed by atoms with E-state index in [1.165, 1.54) is 11.1 Å². The monoisotopic (exact) mass is 243 g/mol. The van der Waals surface area contributed by atoms with Crippen LogP contribution < -0.4 is 5.32 Å². The number of hydrogen-bond donors (Lipinski definition) is 2. The van der Waals surface area contributed by atoms with Crippen LogP contribution >= 0.6 is 0 Å². The Kier molecular flexibility index (Phi) is 3.77. The Morgan fingerprint density at radius 1 is 1.39 bits per heavy atom. The second kappa shape index (κ2) is 5.49. The molecular weight excluding hydrogens is 226 g/mol. The summed E-state index contributed by atoms with van der Waals surface area (Å²) in [5.74, 6) is -0.0751. The highest BCUT2D eigenvalue weighted by Crippen LogP contribution is 2.05. The number of nitrogens with zero attached hydrogens (tertiary/aromatic N) is 1. The number of benzene rings is 1. The quantitative estimate of drug-likeness (QED) is 0.863. The molecule has 0 radical (unpaired) electrons. The fraction of sp³-hybridized carbons (Fsp3) is 0.286. The zero-order chi connectivity index (χ0) is 13.0.